The number of aromatic nitrogens is 3. The third kappa shape index (κ3) is 3.87. The summed E-state index contributed by atoms with van der Waals surface area (Å²) in [7, 11) is 0. The molecule has 0 unspecified atom stereocenters. The van der Waals surface area contributed by atoms with E-state index in [1.165, 1.54) is 6.08 Å². The number of ether oxygens (including phenoxy) is 1. The van der Waals surface area contributed by atoms with Crippen molar-refractivity contribution in [1.82, 2.24) is 15.0 Å². The average Bonchev–Trinajstić information content (AvgIpc) is 3.07. The highest BCUT2D eigenvalue weighted by atomic mass is 16.5. The Labute approximate surface area is 150 Å². The molecule has 0 aliphatic carbocycles. The van der Waals surface area contributed by atoms with Crippen molar-refractivity contribution < 1.29 is 9.53 Å². The minimum Gasteiger partial charge on any atom is -0.476 e. The number of hydrogen-bond acceptors (Lipinski definition) is 5. The third-order valence-corrected chi connectivity index (χ3v) is 3.76. The normalized spacial score (nSPS) is 12.2. The Morgan fingerprint density at radius 2 is 2.19 bits per heavy atom. The molecular formula is C19H17N5O2. The molecule has 0 aromatic carbocycles. The molecule has 3 heterocycles. The predicted octanol–water partition coefficient (Wildman–Crippen LogP) is 2.66. The number of fused-ring (bicyclic) bond motifs is 1. The van der Waals surface area contributed by atoms with Crippen LogP contribution in [-0.4, -0.2) is 27.5 Å². The van der Waals surface area contributed by atoms with Crippen LogP contribution in [0.5, 0.6) is 5.88 Å². The molecule has 0 saturated carbocycles. The highest BCUT2D eigenvalue weighted by Gasteiger charge is 2.07. The van der Waals surface area contributed by atoms with Gasteiger partial charge in [-0.3, -0.25) is 4.79 Å². The van der Waals surface area contributed by atoms with Crippen LogP contribution in [0.15, 0.2) is 42.9 Å². The quantitative estimate of drug-likeness (QED) is 0.665. The fourth-order valence-electron chi connectivity index (χ4n) is 2.38. The Hall–Kier alpha value is -3.66. The van der Waals surface area contributed by atoms with E-state index >= 15 is 0 Å². The van der Waals surface area contributed by atoms with Crippen LogP contribution in [0.3, 0.4) is 0 Å². The van der Waals surface area contributed by atoms with Crippen molar-refractivity contribution in [3.63, 3.8) is 0 Å². The number of carbonyl (C=O) groups excluding carboxylic acids is 1. The maximum absolute atomic E-state index is 10.9. The molecule has 26 heavy (non-hydrogen) atoms. The van der Waals surface area contributed by atoms with Gasteiger partial charge in [-0.15, -0.1) is 0 Å². The first kappa shape index (κ1) is 17.2. The summed E-state index contributed by atoms with van der Waals surface area (Å²) in [5, 5.41) is 9.65. The Kier molecular flexibility index (Phi) is 4.94. The number of hydrogen-bond donors (Lipinski definition) is 2. The second kappa shape index (κ2) is 7.49. The molecule has 1 amide bonds. The second-order valence-corrected chi connectivity index (χ2v) is 5.83. The van der Waals surface area contributed by atoms with Gasteiger partial charge in [-0.2, -0.15) is 5.26 Å². The molecule has 0 fully saturated rings. The molecule has 1 atom stereocenters. The SMILES string of the molecule is C[C@@H](C#N)COc1ccc(-c2cnc3[nH]cc(/C=C/C(N)=O)c3c2)cn1. The number of nitrogens with zero attached hydrogens (tertiary/aromatic N) is 3. The molecule has 3 N–H and O–H groups in total. The summed E-state index contributed by atoms with van der Waals surface area (Å²) in [6, 6.07) is 7.72. The fourth-order valence-corrected chi connectivity index (χ4v) is 2.38. The average molecular weight is 347 g/mol. The highest BCUT2D eigenvalue weighted by molar-refractivity contribution is 5.95. The number of carbonyl (C=O) groups is 1. The van der Waals surface area contributed by atoms with Crippen molar-refractivity contribution in [1.29, 1.82) is 5.26 Å². The van der Waals surface area contributed by atoms with E-state index in [2.05, 4.69) is 21.0 Å². The maximum atomic E-state index is 10.9. The van der Waals surface area contributed by atoms with Gasteiger partial charge >= 0.3 is 0 Å². The lowest BCUT2D eigenvalue weighted by atomic mass is 10.1. The van der Waals surface area contributed by atoms with Gasteiger partial charge in [0.25, 0.3) is 0 Å². The fraction of sp³-hybridized carbons (Fsp3) is 0.158. The van der Waals surface area contributed by atoms with Crippen LogP contribution in [0.4, 0.5) is 0 Å². The van der Waals surface area contributed by atoms with Crippen LogP contribution in [0.25, 0.3) is 28.2 Å². The number of primary amides is 1. The van der Waals surface area contributed by atoms with Crippen LogP contribution < -0.4 is 10.5 Å². The Morgan fingerprint density at radius 1 is 1.38 bits per heavy atom. The largest absolute Gasteiger partial charge is 0.476 e. The Balaban J connectivity index is 1.85. The first-order chi connectivity index (χ1) is 12.6. The van der Waals surface area contributed by atoms with E-state index in [4.69, 9.17) is 15.7 Å². The monoisotopic (exact) mass is 347 g/mol. The zero-order valence-electron chi connectivity index (χ0n) is 14.1. The van der Waals surface area contributed by atoms with E-state index in [0.717, 1.165) is 27.7 Å². The van der Waals surface area contributed by atoms with Gasteiger partial charge < -0.3 is 15.5 Å². The van der Waals surface area contributed by atoms with E-state index in [9.17, 15) is 4.79 Å². The number of H-pyrrole nitrogens is 1. The van der Waals surface area contributed by atoms with E-state index in [1.807, 2.05) is 12.1 Å². The van der Waals surface area contributed by atoms with Crippen molar-refractivity contribution >= 4 is 23.0 Å². The highest BCUT2D eigenvalue weighted by Crippen LogP contribution is 2.26. The third-order valence-electron chi connectivity index (χ3n) is 3.76. The van der Waals surface area contributed by atoms with Gasteiger partial charge in [-0.25, -0.2) is 9.97 Å². The van der Waals surface area contributed by atoms with Gasteiger partial charge in [-0.1, -0.05) is 0 Å². The second-order valence-electron chi connectivity index (χ2n) is 5.83. The Morgan fingerprint density at radius 3 is 2.88 bits per heavy atom. The van der Waals surface area contributed by atoms with Crippen molar-refractivity contribution in [3.8, 4) is 23.1 Å². The standard InChI is InChI=1S/C19H17N5O2/c1-12(7-20)11-26-18-5-3-13(8-22-18)15-6-16-14(2-4-17(21)25)9-23-19(16)24-10-15/h2-6,8-10,12H,11H2,1H3,(H2,21,25)(H,23,24)/b4-2+/t12-/m0/s1. The first-order valence-electron chi connectivity index (χ1n) is 8.00. The van der Waals surface area contributed by atoms with Gasteiger partial charge in [0.1, 0.15) is 12.3 Å². The molecule has 0 spiro atoms. The van der Waals surface area contributed by atoms with Crippen molar-refractivity contribution in [3.05, 3.63) is 48.4 Å². The van der Waals surface area contributed by atoms with Gasteiger partial charge in [-0.05, 0) is 25.1 Å². The van der Waals surface area contributed by atoms with Crippen LogP contribution in [0.2, 0.25) is 0 Å². The first-order valence-corrected chi connectivity index (χ1v) is 8.00. The molecule has 7 heteroatoms. The molecule has 0 bridgehead atoms. The molecule has 130 valence electrons. The lowest BCUT2D eigenvalue weighted by molar-refractivity contribution is -0.113. The molecule has 0 aliphatic heterocycles. The van der Waals surface area contributed by atoms with Crippen LogP contribution >= 0.6 is 0 Å². The van der Waals surface area contributed by atoms with Gasteiger partial charge in [0.05, 0.1) is 12.0 Å². The molecule has 0 saturated heterocycles. The molecule has 0 aliphatic rings. The smallest absolute Gasteiger partial charge is 0.241 e. The predicted molar refractivity (Wildman–Crippen MR) is 97.8 cm³/mol. The van der Waals surface area contributed by atoms with Crippen LogP contribution in [-0.2, 0) is 4.79 Å². The van der Waals surface area contributed by atoms with Crippen LogP contribution in [0, 0.1) is 17.2 Å². The summed E-state index contributed by atoms with van der Waals surface area (Å²) in [5.74, 6) is -0.228. The number of rotatable bonds is 6. The summed E-state index contributed by atoms with van der Waals surface area (Å²) in [4.78, 5) is 22.7. The van der Waals surface area contributed by atoms with Gasteiger partial charge in [0, 0.05) is 52.8 Å². The number of aromatic amines is 1. The topological polar surface area (TPSA) is 118 Å². The zero-order valence-corrected chi connectivity index (χ0v) is 14.1. The molecular weight excluding hydrogens is 330 g/mol. The number of nitrogens with one attached hydrogen (secondary N) is 1. The number of pyridine rings is 2. The minimum absolute atomic E-state index is 0.191. The van der Waals surface area contributed by atoms with E-state index in [0.29, 0.717) is 12.5 Å². The number of nitriles is 1. The van der Waals surface area contributed by atoms with Crippen molar-refractivity contribution in [2.75, 3.05) is 6.61 Å². The summed E-state index contributed by atoms with van der Waals surface area (Å²) >= 11 is 0. The number of amides is 1. The number of nitrogens with two attached hydrogens (primary N) is 1. The summed E-state index contributed by atoms with van der Waals surface area (Å²) in [6.45, 7) is 2.09. The zero-order chi connectivity index (χ0) is 18.5. The Bertz CT molecular complexity index is 999. The van der Waals surface area contributed by atoms with Crippen molar-refractivity contribution in [2.24, 2.45) is 11.7 Å². The summed E-state index contributed by atoms with van der Waals surface area (Å²) in [6.07, 6.45) is 8.17. The van der Waals surface area contributed by atoms with Crippen LogP contribution in [0.1, 0.15) is 12.5 Å². The molecule has 3 rings (SSSR count). The lowest BCUT2D eigenvalue weighted by Crippen LogP contribution is -2.06. The van der Waals surface area contributed by atoms with Gasteiger partial charge in [0.2, 0.25) is 11.8 Å². The molecule has 3 aromatic heterocycles. The minimum atomic E-state index is -0.506. The summed E-state index contributed by atoms with van der Waals surface area (Å²) < 4.78 is 5.47. The summed E-state index contributed by atoms with van der Waals surface area (Å²) in [5.41, 5.74) is 8.46. The maximum Gasteiger partial charge on any atom is 0.241 e. The van der Waals surface area contributed by atoms with E-state index < -0.39 is 5.91 Å². The van der Waals surface area contributed by atoms with E-state index in [-0.39, 0.29) is 5.92 Å². The lowest BCUT2D eigenvalue weighted by Gasteiger charge is -2.07. The van der Waals surface area contributed by atoms with Gasteiger partial charge in [0.15, 0.2) is 0 Å². The molecule has 3 aromatic rings. The van der Waals surface area contributed by atoms with E-state index in [1.54, 1.807) is 37.7 Å². The molecule has 7 nitrogen and oxygen atoms in total. The molecule has 0 radical (unpaired) electrons. The van der Waals surface area contributed by atoms with Crippen molar-refractivity contribution in [2.45, 2.75) is 6.92 Å².